The van der Waals surface area contributed by atoms with Gasteiger partial charge in [0, 0.05) is 37.3 Å². The van der Waals surface area contributed by atoms with Crippen LogP contribution in [0.15, 0.2) is 24.3 Å². The van der Waals surface area contributed by atoms with Gasteiger partial charge in [-0.15, -0.1) is 0 Å². The van der Waals surface area contributed by atoms with Crippen molar-refractivity contribution in [2.75, 3.05) is 55.1 Å². The highest BCUT2D eigenvalue weighted by molar-refractivity contribution is 7.90. The molecule has 5 nitrogen and oxygen atoms in total. The number of morpholine rings is 1. The maximum Gasteiger partial charge on any atom is 0.147 e. The summed E-state index contributed by atoms with van der Waals surface area (Å²) in [5.41, 5.74) is 2.23. The number of sulfone groups is 1. The quantitative estimate of drug-likeness (QED) is 0.804. The Morgan fingerprint density at radius 1 is 1.20 bits per heavy atom. The SMILES string of the molecule is CS(=O)(=O)CCCNc1ccc(N2CCOCC2)cc1. The van der Waals surface area contributed by atoms with E-state index in [9.17, 15) is 8.42 Å². The number of anilines is 2. The molecular weight excluding hydrogens is 276 g/mol. The molecule has 0 aliphatic carbocycles. The molecule has 1 N–H and O–H groups in total. The molecular formula is C14H22N2O3S. The number of rotatable bonds is 6. The summed E-state index contributed by atoms with van der Waals surface area (Å²) >= 11 is 0. The van der Waals surface area contributed by atoms with E-state index < -0.39 is 9.84 Å². The summed E-state index contributed by atoms with van der Waals surface area (Å²) in [6.45, 7) is 4.10. The summed E-state index contributed by atoms with van der Waals surface area (Å²) in [4.78, 5) is 2.30. The van der Waals surface area contributed by atoms with E-state index >= 15 is 0 Å². The van der Waals surface area contributed by atoms with Crippen LogP contribution in [0.5, 0.6) is 0 Å². The van der Waals surface area contributed by atoms with Crippen LogP contribution < -0.4 is 10.2 Å². The second-order valence-electron chi connectivity index (χ2n) is 5.06. The zero-order valence-electron chi connectivity index (χ0n) is 11.8. The zero-order valence-corrected chi connectivity index (χ0v) is 12.7. The highest BCUT2D eigenvalue weighted by atomic mass is 32.2. The van der Waals surface area contributed by atoms with E-state index in [0.717, 1.165) is 32.0 Å². The molecule has 1 aromatic rings. The number of ether oxygens (including phenoxy) is 1. The molecule has 0 unspecified atom stereocenters. The van der Waals surface area contributed by atoms with Gasteiger partial charge in [0.2, 0.25) is 0 Å². The second kappa shape index (κ2) is 6.95. The predicted octanol–water partition coefficient (Wildman–Crippen LogP) is 1.37. The first-order valence-electron chi connectivity index (χ1n) is 6.89. The molecule has 1 aliphatic heterocycles. The standard InChI is InChI=1S/C14H22N2O3S/c1-20(17,18)12-2-7-15-13-3-5-14(6-4-13)16-8-10-19-11-9-16/h3-6,15H,2,7-12H2,1H3. The first kappa shape index (κ1) is 15.1. The molecule has 6 heteroatoms. The lowest BCUT2D eigenvalue weighted by molar-refractivity contribution is 0.122. The average molecular weight is 298 g/mol. The van der Waals surface area contributed by atoms with Crippen molar-refractivity contribution >= 4 is 21.2 Å². The maximum atomic E-state index is 11.0. The Morgan fingerprint density at radius 3 is 2.45 bits per heavy atom. The van der Waals surface area contributed by atoms with Gasteiger partial charge in [-0.3, -0.25) is 0 Å². The highest BCUT2D eigenvalue weighted by Gasteiger charge is 2.10. The fourth-order valence-electron chi connectivity index (χ4n) is 2.18. The highest BCUT2D eigenvalue weighted by Crippen LogP contribution is 2.18. The third kappa shape index (κ3) is 5.02. The van der Waals surface area contributed by atoms with Crippen LogP contribution in [0.1, 0.15) is 6.42 Å². The molecule has 2 rings (SSSR count). The Labute approximate surface area is 120 Å². The third-order valence-electron chi connectivity index (χ3n) is 3.26. The molecule has 1 saturated heterocycles. The van der Waals surface area contributed by atoms with Crippen LogP contribution in [0.25, 0.3) is 0 Å². The van der Waals surface area contributed by atoms with E-state index in [4.69, 9.17) is 4.74 Å². The van der Waals surface area contributed by atoms with Crippen LogP contribution in [0.2, 0.25) is 0 Å². The lowest BCUT2D eigenvalue weighted by Gasteiger charge is -2.28. The predicted molar refractivity (Wildman–Crippen MR) is 82.3 cm³/mol. The molecule has 112 valence electrons. The van der Waals surface area contributed by atoms with Crippen molar-refractivity contribution in [1.82, 2.24) is 0 Å². The molecule has 0 radical (unpaired) electrons. The minimum Gasteiger partial charge on any atom is -0.385 e. The van der Waals surface area contributed by atoms with Crippen LogP contribution in [0.3, 0.4) is 0 Å². The first-order valence-corrected chi connectivity index (χ1v) is 8.95. The molecule has 0 aromatic heterocycles. The number of nitrogens with one attached hydrogen (secondary N) is 1. The van der Waals surface area contributed by atoms with Gasteiger partial charge < -0.3 is 15.0 Å². The molecule has 0 atom stereocenters. The van der Waals surface area contributed by atoms with E-state index in [-0.39, 0.29) is 5.75 Å². The minimum absolute atomic E-state index is 0.228. The fourth-order valence-corrected chi connectivity index (χ4v) is 2.85. The smallest absolute Gasteiger partial charge is 0.147 e. The van der Waals surface area contributed by atoms with Gasteiger partial charge in [-0.1, -0.05) is 0 Å². The van der Waals surface area contributed by atoms with Crippen molar-refractivity contribution in [1.29, 1.82) is 0 Å². The van der Waals surface area contributed by atoms with E-state index in [0.29, 0.717) is 13.0 Å². The van der Waals surface area contributed by atoms with Crippen molar-refractivity contribution in [3.63, 3.8) is 0 Å². The van der Waals surface area contributed by atoms with Gasteiger partial charge in [0.1, 0.15) is 9.84 Å². The number of benzene rings is 1. The fraction of sp³-hybridized carbons (Fsp3) is 0.571. The van der Waals surface area contributed by atoms with Gasteiger partial charge in [-0.25, -0.2) is 8.42 Å². The maximum absolute atomic E-state index is 11.0. The summed E-state index contributed by atoms with van der Waals surface area (Å²) in [5.74, 6) is 0.228. The number of hydrogen-bond donors (Lipinski definition) is 1. The van der Waals surface area contributed by atoms with Gasteiger partial charge in [0.05, 0.1) is 19.0 Å². The van der Waals surface area contributed by atoms with Gasteiger partial charge in [0.25, 0.3) is 0 Å². The number of hydrogen-bond acceptors (Lipinski definition) is 5. The molecule has 0 saturated carbocycles. The molecule has 1 fully saturated rings. The summed E-state index contributed by atoms with van der Waals surface area (Å²) in [7, 11) is -2.86. The van der Waals surface area contributed by atoms with Gasteiger partial charge in [-0.05, 0) is 30.7 Å². The van der Waals surface area contributed by atoms with Crippen molar-refractivity contribution in [2.45, 2.75) is 6.42 Å². The Morgan fingerprint density at radius 2 is 1.85 bits per heavy atom. The molecule has 0 spiro atoms. The summed E-state index contributed by atoms with van der Waals surface area (Å²) in [6.07, 6.45) is 1.90. The molecule has 0 amide bonds. The van der Waals surface area contributed by atoms with Gasteiger partial charge >= 0.3 is 0 Å². The average Bonchev–Trinajstić information content (AvgIpc) is 2.44. The molecule has 1 aliphatic rings. The monoisotopic (exact) mass is 298 g/mol. The largest absolute Gasteiger partial charge is 0.385 e. The summed E-state index contributed by atoms with van der Waals surface area (Å²) in [6, 6.07) is 8.24. The van der Waals surface area contributed by atoms with E-state index in [1.807, 2.05) is 12.1 Å². The Kier molecular flexibility index (Phi) is 5.25. The topological polar surface area (TPSA) is 58.6 Å². The molecule has 20 heavy (non-hydrogen) atoms. The first-order chi connectivity index (χ1) is 9.54. The number of nitrogens with zero attached hydrogens (tertiary/aromatic N) is 1. The molecule has 1 heterocycles. The van der Waals surface area contributed by atoms with Crippen molar-refractivity contribution in [2.24, 2.45) is 0 Å². The normalized spacial score (nSPS) is 16.1. The van der Waals surface area contributed by atoms with Crippen molar-refractivity contribution in [3.8, 4) is 0 Å². The van der Waals surface area contributed by atoms with E-state index in [1.165, 1.54) is 11.9 Å². The van der Waals surface area contributed by atoms with Crippen molar-refractivity contribution < 1.29 is 13.2 Å². The Bertz CT molecular complexity index is 508. The van der Waals surface area contributed by atoms with Crippen molar-refractivity contribution in [3.05, 3.63) is 24.3 Å². The Hall–Kier alpha value is -1.27. The Balaban J connectivity index is 1.79. The zero-order chi connectivity index (χ0) is 14.4. The molecule has 0 bridgehead atoms. The minimum atomic E-state index is -2.86. The third-order valence-corrected chi connectivity index (χ3v) is 4.29. The van der Waals surface area contributed by atoms with Gasteiger partial charge in [0.15, 0.2) is 0 Å². The van der Waals surface area contributed by atoms with Crippen LogP contribution >= 0.6 is 0 Å². The van der Waals surface area contributed by atoms with Crippen LogP contribution in [-0.4, -0.2) is 53.3 Å². The van der Waals surface area contributed by atoms with Crippen LogP contribution in [0.4, 0.5) is 11.4 Å². The summed E-state index contributed by atoms with van der Waals surface area (Å²) < 4.78 is 27.4. The summed E-state index contributed by atoms with van der Waals surface area (Å²) in [5, 5.41) is 3.24. The lowest BCUT2D eigenvalue weighted by Crippen LogP contribution is -2.36. The van der Waals surface area contributed by atoms with E-state index in [2.05, 4.69) is 22.3 Å². The lowest BCUT2D eigenvalue weighted by atomic mass is 10.2. The second-order valence-corrected chi connectivity index (χ2v) is 7.32. The van der Waals surface area contributed by atoms with Crippen LogP contribution in [-0.2, 0) is 14.6 Å². The van der Waals surface area contributed by atoms with E-state index in [1.54, 1.807) is 0 Å². The van der Waals surface area contributed by atoms with Gasteiger partial charge in [-0.2, -0.15) is 0 Å². The molecule has 1 aromatic carbocycles. The van der Waals surface area contributed by atoms with Crippen LogP contribution in [0, 0.1) is 0 Å².